The Morgan fingerprint density at radius 1 is 1.45 bits per heavy atom. The maximum Gasteiger partial charge on any atom is 0.242 e. The summed E-state index contributed by atoms with van der Waals surface area (Å²) < 4.78 is 5.18. The molecule has 0 bridgehead atoms. The monoisotopic (exact) mass is 322 g/mol. The van der Waals surface area contributed by atoms with E-state index in [-0.39, 0.29) is 17.9 Å². The number of amides is 2. The first kappa shape index (κ1) is 16.7. The maximum absolute atomic E-state index is 12.4. The molecular weight excluding hydrogens is 300 g/mol. The fraction of sp³-hybridized carbons (Fsp3) is 0.500. The van der Waals surface area contributed by atoms with E-state index in [0.29, 0.717) is 18.8 Å². The van der Waals surface area contributed by atoms with E-state index in [0.717, 1.165) is 23.5 Å². The summed E-state index contributed by atoms with van der Waals surface area (Å²) in [6.45, 7) is 3.15. The van der Waals surface area contributed by atoms with E-state index in [2.05, 4.69) is 5.32 Å². The number of hydrogen-bond acceptors (Lipinski definition) is 4. The van der Waals surface area contributed by atoms with Crippen LogP contribution in [0.4, 0.5) is 0 Å². The number of rotatable bonds is 6. The molecule has 1 aromatic rings. The number of nitrogens with one attached hydrogen (secondary N) is 1. The first-order valence-corrected chi connectivity index (χ1v) is 8.48. The van der Waals surface area contributed by atoms with Gasteiger partial charge in [0.05, 0.1) is 12.9 Å². The average Bonchev–Trinajstić information content (AvgIpc) is 3.03. The van der Waals surface area contributed by atoms with E-state index < -0.39 is 0 Å². The van der Waals surface area contributed by atoms with Crippen LogP contribution < -0.4 is 10.1 Å². The van der Waals surface area contributed by atoms with Gasteiger partial charge in [0.25, 0.3) is 0 Å². The quantitative estimate of drug-likeness (QED) is 0.813. The standard InChI is InChI=1S/C16H22N2O3S/c1-3-17-16(20)14-8-5-9-18(14)15(19)11-22-13-7-4-6-12(10-13)21-2/h4,6-7,10,14H,3,5,8-9,11H2,1-2H3,(H,17,20)/t14-/m0/s1. The highest BCUT2D eigenvalue weighted by molar-refractivity contribution is 8.00. The number of carbonyl (C=O) groups excluding carboxylic acids is 2. The van der Waals surface area contributed by atoms with Crippen molar-refractivity contribution in [2.24, 2.45) is 0 Å². The van der Waals surface area contributed by atoms with Crippen LogP contribution in [0.1, 0.15) is 19.8 Å². The summed E-state index contributed by atoms with van der Waals surface area (Å²) in [7, 11) is 1.62. The van der Waals surface area contributed by atoms with Crippen molar-refractivity contribution in [3.8, 4) is 5.75 Å². The lowest BCUT2D eigenvalue weighted by atomic mass is 10.2. The fourth-order valence-electron chi connectivity index (χ4n) is 2.55. The van der Waals surface area contributed by atoms with Gasteiger partial charge in [-0.3, -0.25) is 9.59 Å². The van der Waals surface area contributed by atoms with Gasteiger partial charge in [-0.15, -0.1) is 11.8 Å². The molecule has 1 atom stereocenters. The number of likely N-dealkylation sites (N-methyl/N-ethyl adjacent to an activating group) is 1. The summed E-state index contributed by atoms with van der Waals surface area (Å²) in [5, 5.41) is 2.81. The normalized spacial score (nSPS) is 17.4. The highest BCUT2D eigenvalue weighted by Crippen LogP contribution is 2.25. The minimum Gasteiger partial charge on any atom is -0.497 e. The first-order valence-electron chi connectivity index (χ1n) is 7.49. The lowest BCUT2D eigenvalue weighted by Gasteiger charge is -2.23. The smallest absolute Gasteiger partial charge is 0.242 e. The largest absolute Gasteiger partial charge is 0.497 e. The van der Waals surface area contributed by atoms with Crippen molar-refractivity contribution in [3.05, 3.63) is 24.3 Å². The molecule has 2 rings (SSSR count). The van der Waals surface area contributed by atoms with Gasteiger partial charge in [-0.05, 0) is 38.0 Å². The molecular formula is C16H22N2O3S. The molecule has 0 aromatic heterocycles. The fourth-order valence-corrected chi connectivity index (χ4v) is 3.38. The third kappa shape index (κ3) is 4.16. The van der Waals surface area contributed by atoms with Crippen molar-refractivity contribution in [3.63, 3.8) is 0 Å². The van der Waals surface area contributed by atoms with Crippen LogP contribution in [0.3, 0.4) is 0 Å². The van der Waals surface area contributed by atoms with Crippen molar-refractivity contribution in [1.82, 2.24) is 10.2 Å². The number of carbonyl (C=O) groups is 2. The SMILES string of the molecule is CCNC(=O)[C@@H]1CCCN1C(=O)CSc1cccc(OC)c1. The Hall–Kier alpha value is -1.69. The molecule has 1 saturated heterocycles. The second kappa shape index (κ2) is 8.08. The Bertz CT molecular complexity index is 536. The average molecular weight is 322 g/mol. The number of thioether (sulfide) groups is 1. The number of methoxy groups -OCH3 is 1. The van der Waals surface area contributed by atoms with Crippen LogP contribution in [0.15, 0.2) is 29.2 Å². The Morgan fingerprint density at radius 3 is 3.00 bits per heavy atom. The predicted molar refractivity (Wildman–Crippen MR) is 87.1 cm³/mol. The van der Waals surface area contributed by atoms with Crippen LogP contribution in [0.2, 0.25) is 0 Å². The number of benzene rings is 1. The van der Waals surface area contributed by atoms with E-state index in [9.17, 15) is 9.59 Å². The second-order valence-corrected chi connectivity index (χ2v) is 6.16. The van der Waals surface area contributed by atoms with E-state index in [4.69, 9.17) is 4.74 Å². The van der Waals surface area contributed by atoms with Gasteiger partial charge >= 0.3 is 0 Å². The zero-order valence-electron chi connectivity index (χ0n) is 13.0. The molecule has 2 amide bonds. The van der Waals surface area contributed by atoms with Gasteiger partial charge < -0.3 is 15.0 Å². The molecule has 0 unspecified atom stereocenters. The number of likely N-dealkylation sites (tertiary alicyclic amines) is 1. The second-order valence-electron chi connectivity index (χ2n) is 5.11. The topological polar surface area (TPSA) is 58.6 Å². The molecule has 0 aliphatic carbocycles. The third-order valence-electron chi connectivity index (χ3n) is 3.63. The van der Waals surface area contributed by atoms with Crippen LogP contribution in [-0.4, -0.2) is 48.7 Å². The number of hydrogen-bond donors (Lipinski definition) is 1. The van der Waals surface area contributed by atoms with E-state index in [1.165, 1.54) is 11.8 Å². The Morgan fingerprint density at radius 2 is 2.27 bits per heavy atom. The molecule has 6 heteroatoms. The number of nitrogens with zero attached hydrogens (tertiary/aromatic N) is 1. The molecule has 1 aliphatic heterocycles. The maximum atomic E-state index is 12.4. The van der Waals surface area contributed by atoms with Crippen molar-refractivity contribution in [1.29, 1.82) is 0 Å². The molecule has 0 spiro atoms. The van der Waals surface area contributed by atoms with E-state index in [1.54, 1.807) is 12.0 Å². The lowest BCUT2D eigenvalue weighted by molar-refractivity contribution is -0.136. The van der Waals surface area contributed by atoms with Gasteiger partial charge in [-0.2, -0.15) is 0 Å². The van der Waals surface area contributed by atoms with Crippen molar-refractivity contribution >= 4 is 23.6 Å². The molecule has 120 valence electrons. The van der Waals surface area contributed by atoms with Crippen molar-refractivity contribution < 1.29 is 14.3 Å². The molecule has 22 heavy (non-hydrogen) atoms. The van der Waals surface area contributed by atoms with Crippen molar-refractivity contribution in [2.75, 3.05) is 26.0 Å². The summed E-state index contributed by atoms with van der Waals surface area (Å²) >= 11 is 1.47. The highest BCUT2D eigenvalue weighted by atomic mass is 32.2. The molecule has 1 heterocycles. The Kier molecular flexibility index (Phi) is 6.12. The lowest BCUT2D eigenvalue weighted by Crippen LogP contribution is -2.46. The van der Waals surface area contributed by atoms with Gasteiger partial charge in [-0.25, -0.2) is 0 Å². The first-order chi connectivity index (χ1) is 10.7. The van der Waals surface area contributed by atoms with Gasteiger partial charge in [0.2, 0.25) is 11.8 Å². The molecule has 1 aliphatic rings. The molecule has 1 aromatic carbocycles. The van der Waals surface area contributed by atoms with E-state index in [1.807, 2.05) is 31.2 Å². The van der Waals surface area contributed by atoms with Crippen LogP contribution in [0.25, 0.3) is 0 Å². The highest BCUT2D eigenvalue weighted by Gasteiger charge is 2.33. The molecule has 1 fully saturated rings. The van der Waals surface area contributed by atoms with Crippen LogP contribution in [0, 0.1) is 0 Å². The van der Waals surface area contributed by atoms with Gasteiger partial charge in [0.1, 0.15) is 11.8 Å². The summed E-state index contributed by atoms with van der Waals surface area (Å²) in [6, 6.07) is 7.32. The Labute approximate surface area is 135 Å². The molecule has 5 nitrogen and oxygen atoms in total. The zero-order valence-corrected chi connectivity index (χ0v) is 13.8. The van der Waals surface area contributed by atoms with Crippen molar-refractivity contribution in [2.45, 2.75) is 30.7 Å². The van der Waals surface area contributed by atoms with Crippen LogP contribution in [-0.2, 0) is 9.59 Å². The summed E-state index contributed by atoms with van der Waals surface area (Å²) in [4.78, 5) is 27.1. The Balaban J connectivity index is 1.92. The van der Waals surface area contributed by atoms with Crippen LogP contribution in [0.5, 0.6) is 5.75 Å². The minimum absolute atomic E-state index is 0.0153. The molecule has 0 radical (unpaired) electrons. The van der Waals surface area contributed by atoms with Gasteiger partial charge in [0.15, 0.2) is 0 Å². The summed E-state index contributed by atoms with van der Waals surface area (Å²) in [5.41, 5.74) is 0. The molecule has 0 saturated carbocycles. The molecule has 1 N–H and O–H groups in total. The van der Waals surface area contributed by atoms with Gasteiger partial charge in [0, 0.05) is 18.0 Å². The predicted octanol–water partition coefficient (Wildman–Crippen LogP) is 1.91. The summed E-state index contributed by atoms with van der Waals surface area (Å²) in [5.74, 6) is 1.09. The minimum atomic E-state index is -0.307. The zero-order chi connectivity index (χ0) is 15.9. The van der Waals surface area contributed by atoms with Crippen LogP contribution >= 0.6 is 11.8 Å². The van der Waals surface area contributed by atoms with Gasteiger partial charge in [-0.1, -0.05) is 6.07 Å². The summed E-state index contributed by atoms with van der Waals surface area (Å²) in [6.07, 6.45) is 1.64. The number of ether oxygens (including phenoxy) is 1. The third-order valence-corrected chi connectivity index (χ3v) is 4.61. The van der Waals surface area contributed by atoms with E-state index >= 15 is 0 Å².